The van der Waals surface area contributed by atoms with Crippen molar-refractivity contribution in [2.75, 3.05) is 23.8 Å². The predicted molar refractivity (Wildman–Crippen MR) is 87.9 cm³/mol. The third kappa shape index (κ3) is 3.33. The first-order valence-electron chi connectivity index (χ1n) is 7.78. The van der Waals surface area contributed by atoms with Gasteiger partial charge in [0.15, 0.2) is 0 Å². The van der Waals surface area contributed by atoms with Crippen LogP contribution in [-0.2, 0) is 6.18 Å². The molecule has 2 aromatic carbocycles. The molecule has 0 radical (unpaired) electrons. The summed E-state index contributed by atoms with van der Waals surface area (Å²) < 4.78 is 38.0. The molecule has 2 aromatic rings. The second-order valence-electron chi connectivity index (χ2n) is 6.13. The van der Waals surface area contributed by atoms with Crippen molar-refractivity contribution < 1.29 is 18.3 Å². The molecule has 1 aliphatic heterocycles. The Morgan fingerprint density at radius 3 is 2.21 bits per heavy atom. The van der Waals surface area contributed by atoms with Crippen LogP contribution in [0.1, 0.15) is 23.5 Å². The largest absolute Gasteiger partial charge is 0.416 e. The van der Waals surface area contributed by atoms with Crippen molar-refractivity contribution in [1.29, 1.82) is 0 Å². The Morgan fingerprint density at radius 1 is 1.04 bits per heavy atom. The minimum Gasteiger partial charge on any atom is -0.399 e. The number of nitrogens with two attached hydrogens (primary N) is 1. The molecule has 24 heavy (non-hydrogen) atoms. The summed E-state index contributed by atoms with van der Waals surface area (Å²) in [6, 6.07) is 12.7. The van der Waals surface area contributed by atoms with Crippen molar-refractivity contribution in [2.45, 2.75) is 24.6 Å². The molecule has 0 aliphatic carbocycles. The molecule has 0 saturated carbocycles. The lowest BCUT2D eigenvalue weighted by molar-refractivity contribution is -0.137. The van der Waals surface area contributed by atoms with Crippen molar-refractivity contribution in [2.24, 2.45) is 0 Å². The van der Waals surface area contributed by atoms with E-state index in [2.05, 4.69) is 4.90 Å². The van der Waals surface area contributed by atoms with Crippen molar-refractivity contribution in [3.8, 4) is 0 Å². The highest BCUT2D eigenvalue weighted by Gasteiger charge is 2.34. The van der Waals surface area contributed by atoms with E-state index in [1.807, 2.05) is 12.1 Å². The molecular formula is C18H19F3N2O. The molecule has 1 aliphatic rings. The molecule has 3 nitrogen and oxygen atoms in total. The van der Waals surface area contributed by atoms with Crippen molar-refractivity contribution >= 4 is 11.4 Å². The number of alkyl halides is 3. The van der Waals surface area contributed by atoms with Gasteiger partial charge in [-0.15, -0.1) is 0 Å². The summed E-state index contributed by atoms with van der Waals surface area (Å²) in [7, 11) is 0. The number of aliphatic hydroxyl groups is 1. The Morgan fingerprint density at radius 2 is 1.67 bits per heavy atom. The summed E-state index contributed by atoms with van der Waals surface area (Å²) in [4.78, 5) is 2.09. The maximum atomic E-state index is 12.7. The SMILES string of the molecule is Nc1ccc(N2CC(c3ccc(C(F)(F)F)cc3)C[C@@H]2CO)cc1. The zero-order chi connectivity index (χ0) is 17.3. The summed E-state index contributed by atoms with van der Waals surface area (Å²) in [6.45, 7) is 0.655. The highest BCUT2D eigenvalue weighted by molar-refractivity contribution is 5.55. The van der Waals surface area contributed by atoms with Gasteiger partial charge in [-0.2, -0.15) is 13.2 Å². The smallest absolute Gasteiger partial charge is 0.399 e. The van der Waals surface area contributed by atoms with E-state index < -0.39 is 11.7 Å². The van der Waals surface area contributed by atoms with Crippen LogP contribution >= 0.6 is 0 Å². The average molecular weight is 336 g/mol. The summed E-state index contributed by atoms with van der Waals surface area (Å²) in [5.41, 5.74) is 7.54. The number of nitrogens with zero attached hydrogens (tertiary/aromatic N) is 1. The maximum absolute atomic E-state index is 12.7. The number of nitrogen functional groups attached to an aromatic ring is 1. The third-order valence-electron chi connectivity index (χ3n) is 4.56. The Bertz CT molecular complexity index is 683. The van der Waals surface area contributed by atoms with Gasteiger partial charge in [-0.05, 0) is 48.4 Å². The van der Waals surface area contributed by atoms with Crippen molar-refractivity contribution in [3.05, 3.63) is 59.7 Å². The lowest BCUT2D eigenvalue weighted by Crippen LogP contribution is -2.32. The third-order valence-corrected chi connectivity index (χ3v) is 4.56. The average Bonchev–Trinajstić information content (AvgIpc) is 2.99. The molecule has 1 fully saturated rings. The fourth-order valence-electron chi connectivity index (χ4n) is 3.26. The number of aliphatic hydroxyl groups excluding tert-OH is 1. The first-order chi connectivity index (χ1) is 11.4. The molecule has 0 amide bonds. The lowest BCUT2D eigenvalue weighted by atomic mass is 9.95. The number of rotatable bonds is 3. The van der Waals surface area contributed by atoms with Crippen LogP contribution in [0.2, 0.25) is 0 Å². The quantitative estimate of drug-likeness (QED) is 0.842. The Kier molecular flexibility index (Phi) is 4.41. The first kappa shape index (κ1) is 16.6. The Balaban J connectivity index is 1.80. The topological polar surface area (TPSA) is 49.5 Å². The van der Waals surface area contributed by atoms with Gasteiger partial charge >= 0.3 is 6.18 Å². The van der Waals surface area contributed by atoms with Gasteiger partial charge in [0.1, 0.15) is 0 Å². The molecular weight excluding hydrogens is 317 g/mol. The van der Waals surface area contributed by atoms with Crippen LogP contribution in [0.5, 0.6) is 0 Å². The zero-order valence-electron chi connectivity index (χ0n) is 13.0. The van der Waals surface area contributed by atoms with Crippen molar-refractivity contribution in [3.63, 3.8) is 0 Å². The molecule has 6 heteroatoms. The molecule has 1 unspecified atom stereocenters. The predicted octanol–water partition coefficient (Wildman–Crippen LogP) is 3.64. The summed E-state index contributed by atoms with van der Waals surface area (Å²) in [6.07, 6.45) is -3.62. The van der Waals surface area contributed by atoms with Crippen LogP contribution in [0.25, 0.3) is 0 Å². The molecule has 1 saturated heterocycles. The number of halogens is 3. The molecule has 0 bridgehead atoms. The Labute approximate surface area is 138 Å². The normalized spacial score (nSPS) is 21.2. The number of benzene rings is 2. The second-order valence-corrected chi connectivity index (χ2v) is 6.13. The van der Waals surface area contributed by atoms with Gasteiger partial charge in [0.25, 0.3) is 0 Å². The monoisotopic (exact) mass is 336 g/mol. The van der Waals surface area contributed by atoms with E-state index in [0.29, 0.717) is 18.7 Å². The second kappa shape index (κ2) is 6.36. The summed E-state index contributed by atoms with van der Waals surface area (Å²) >= 11 is 0. The molecule has 128 valence electrons. The van der Waals surface area contributed by atoms with Crippen LogP contribution in [0, 0.1) is 0 Å². The molecule has 3 N–H and O–H groups in total. The molecule has 0 spiro atoms. The van der Waals surface area contributed by atoms with E-state index in [9.17, 15) is 18.3 Å². The fourth-order valence-corrected chi connectivity index (χ4v) is 3.26. The minimum absolute atomic E-state index is 0.00150. The molecule has 2 atom stereocenters. The summed E-state index contributed by atoms with van der Waals surface area (Å²) in [5.74, 6) is 0.0852. The van der Waals surface area contributed by atoms with Crippen LogP contribution in [0.4, 0.5) is 24.5 Å². The van der Waals surface area contributed by atoms with Gasteiger partial charge in [0.05, 0.1) is 18.2 Å². The molecule has 0 aromatic heterocycles. The highest BCUT2D eigenvalue weighted by atomic mass is 19.4. The highest BCUT2D eigenvalue weighted by Crippen LogP contribution is 2.36. The zero-order valence-corrected chi connectivity index (χ0v) is 13.0. The number of anilines is 2. The van der Waals surface area contributed by atoms with E-state index in [1.54, 1.807) is 12.1 Å². The van der Waals surface area contributed by atoms with E-state index >= 15 is 0 Å². The van der Waals surface area contributed by atoms with Crippen molar-refractivity contribution in [1.82, 2.24) is 0 Å². The lowest BCUT2D eigenvalue weighted by Gasteiger charge is -2.25. The standard InChI is InChI=1S/C18H19F3N2O/c19-18(20,21)14-3-1-12(2-4-14)13-9-17(11-24)23(10-13)16-7-5-15(22)6-8-16/h1-8,13,17,24H,9-11,22H2/t13?,17-/m1/s1. The van der Waals surface area contributed by atoms with Crippen LogP contribution < -0.4 is 10.6 Å². The van der Waals surface area contributed by atoms with E-state index in [-0.39, 0.29) is 18.6 Å². The fraction of sp³-hybridized carbons (Fsp3) is 0.333. The number of hydrogen-bond donors (Lipinski definition) is 2. The summed E-state index contributed by atoms with van der Waals surface area (Å²) in [5, 5.41) is 9.65. The van der Waals surface area contributed by atoms with Crippen LogP contribution in [0.15, 0.2) is 48.5 Å². The molecule has 3 rings (SSSR count). The number of hydrogen-bond acceptors (Lipinski definition) is 3. The van der Waals surface area contributed by atoms with Gasteiger partial charge in [-0.25, -0.2) is 0 Å². The maximum Gasteiger partial charge on any atom is 0.416 e. The van der Waals surface area contributed by atoms with E-state index in [1.165, 1.54) is 12.1 Å². The van der Waals surface area contributed by atoms with E-state index in [0.717, 1.165) is 23.4 Å². The van der Waals surface area contributed by atoms with Gasteiger partial charge in [0, 0.05) is 23.8 Å². The van der Waals surface area contributed by atoms with Crippen LogP contribution in [-0.4, -0.2) is 24.3 Å². The molecule has 1 heterocycles. The van der Waals surface area contributed by atoms with Gasteiger partial charge in [-0.3, -0.25) is 0 Å². The first-order valence-corrected chi connectivity index (χ1v) is 7.78. The van der Waals surface area contributed by atoms with Gasteiger partial charge < -0.3 is 15.7 Å². The van der Waals surface area contributed by atoms with Gasteiger partial charge in [-0.1, -0.05) is 12.1 Å². The van der Waals surface area contributed by atoms with Crippen LogP contribution in [0.3, 0.4) is 0 Å². The Hall–Kier alpha value is -2.21. The minimum atomic E-state index is -4.32. The van der Waals surface area contributed by atoms with E-state index in [4.69, 9.17) is 5.73 Å². The van der Waals surface area contributed by atoms with Gasteiger partial charge in [0.2, 0.25) is 0 Å².